The van der Waals surface area contributed by atoms with E-state index < -0.39 is 46.2 Å². The van der Waals surface area contributed by atoms with E-state index in [1.165, 1.54) is 6.07 Å². The molecule has 10 heteroatoms. The predicted octanol–water partition coefficient (Wildman–Crippen LogP) is 1.19. The van der Waals surface area contributed by atoms with Crippen LogP contribution < -0.4 is 4.74 Å². The van der Waals surface area contributed by atoms with Crippen LogP contribution in [0.2, 0.25) is 0 Å². The quantitative estimate of drug-likeness (QED) is 0.613. The van der Waals surface area contributed by atoms with Crippen LogP contribution >= 0.6 is 0 Å². The van der Waals surface area contributed by atoms with E-state index in [0.29, 0.717) is 0 Å². The van der Waals surface area contributed by atoms with Crippen molar-refractivity contribution in [3.05, 3.63) is 33.4 Å². The Balaban J connectivity index is 3.55. The number of carboxylic acid groups (broad SMARTS) is 1. The number of nitriles is 1. The number of nitrogens with zero attached hydrogens (tertiary/aromatic N) is 2. The van der Waals surface area contributed by atoms with Crippen LogP contribution in [0.4, 0.5) is 14.5 Å². The summed E-state index contributed by atoms with van der Waals surface area (Å²) in [5, 5.41) is 37.6. The summed E-state index contributed by atoms with van der Waals surface area (Å²) in [5.41, 5.74) is -2.70. The van der Waals surface area contributed by atoms with Crippen LogP contribution in [0, 0.1) is 21.4 Å². The molecule has 0 spiro atoms. The minimum atomic E-state index is -3.32. The van der Waals surface area contributed by atoms with E-state index in [2.05, 4.69) is 4.74 Å². The molecule has 0 saturated carbocycles. The summed E-state index contributed by atoms with van der Waals surface area (Å²) in [6, 6.07) is 2.76. The highest BCUT2D eigenvalue weighted by atomic mass is 19.3. The highest BCUT2D eigenvalue weighted by Gasteiger charge is 2.31. The molecule has 20 heavy (non-hydrogen) atoms. The third-order valence-electron chi connectivity index (χ3n) is 2.21. The number of carbonyl (C=O) groups is 1. The minimum absolute atomic E-state index is 0.708. The lowest BCUT2D eigenvalue weighted by molar-refractivity contribution is -0.386. The molecule has 0 bridgehead atoms. The van der Waals surface area contributed by atoms with Crippen molar-refractivity contribution in [3.8, 4) is 11.8 Å². The van der Waals surface area contributed by atoms with E-state index in [1.807, 2.05) is 0 Å². The zero-order chi connectivity index (χ0) is 15.4. The first-order valence-electron chi connectivity index (χ1n) is 4.86. The van der Waals surface area contributed by atoms with Crippen LogP contribution in [-0.4, -0.2) is 27.7 Å². The average Bonchev–Trinajstić information content (AvgIpc) is 2.36. The molecule has 0 saturated heterocycles. The molecule has 1 unspecified atom stereocenters. The fraction of sp³-hybridized carbons (Fsp3) is 0.200. The van der Waals surface area contributed by atoms with Crippen LogP contribution in [0.5, 0.6) is 5.75 Å². The SMILES string of the molecule is N#Cc1c(OC(F)F)ccc(C(O)C(=O)O)c1[N+](=O)[O-]. The van der Waals surface area contributed by atoms with Crippen molar-refractivity contribution in [1.29, 1.82) is 5.26 Å². The first kappa shape index (κ1) is 15.3. The highest BCUT2D eigenvalue weighted by Crippen LogP contribution is 2.35. The summed E-state index contributed by atoms with van der Waals surface area (Å²) in [6.07, 6.45) is -2.27. The second-order valence-corrected chi connectivity index (χ2v) is 3.36. The number of aliphatic hydroxyl groups excluding tert-OH is 1. The van der Waals surface area contributed by atoms with E-state index in [9.17, 15) is 28.8 Å². The number of aliphatic hydroxyl groups is 1. The zero-order valence-electron chi connectivity index (χ0n) is 9.49. The average molecular weight is 288 g/mol. The molecule has 1 aromatic carbocycles. The standard InChI is InChI=1S/C10H6F2N2O6/c11-10(12)20-6-2-1-4(8(15)9(16)17)7(14(18)19)5(6)3-13/h1-2,8,10,15H,(H,16,17). The summed E-state index contributed by atoms with van der Waals surface area (Å²) >= 11 is 0. The molecular formula is C10H6F2N2O6. The molecule has 0 aliphatic rings. The Labute approximate surface area is 109 Å². The van der Waals surface area contributed by atoms with Gasteiger partial charge in [0, 0.05) is 0 Å². The van der Waals surface area contributed by atoms with Crippen molar-refractivity contribution in [2.24, 2.45) is 0 Å². The first-order valence-corrected chi connectivity index (χ1v) is 4.86. The largest absolute Gasteiger partial charge is 0.479 e. The Hall–Kier alpha value is -2.80. The molecule has 0 fully saturated rings. The van der Waals surface area contributed by atoms with E-state index in [0.717, 1.165) is 12.1 Å². The fourth-order valence-electron chi connectivity index (χ4n) is 1.44. The van der Waals surface area contributed by atoms with Crippen molar-refractivity contribution in [2.45, 2.75) is 12.7 Å². The van der Waals surface area contributed by atoms with Crippen LogP contribution in [0.1, 0.15) is 17.2 Å². The van der Waals surface area contributed by atoms with Gasteiger partial charge in [-0.2, -0.15) is 14.0 Å². The van der Waals surface area contributed by atoms with Crippen molar-refractivity contribution in [3.63, 3.8) is 0 Å². The summed E-state index contributed by atoms with van der Waals surface area (Å²) < 4.78 is 28.2. The molecule has 1 rings (SSSR count). The Morgan fingerprint density at radius 2 is 2.10 bits per heavy atom. The van der Waals surface area contributed by atoms with Gasteiger partial charge in [-0.3, -0.25) is 10.1 Å². The molecule has 1 atom stereocenters. The van der Waals surface area contributed by atoms with E-state index in [-0.39, 0.29) is 0 Å². The minimum Gasteiger partial charge on any atom is -0.479 e. The van der Waals surface area contributed by atoms with Gasteiger partial charge in [0.05, 0.1) is 10.5 Å². The number of carboxylic acids is 1. The number of ether oxygens (including phenoxy) is 1. The lowest BCUT2D eigenvalue weighted by atomic mass is 10.0. The smallest absolute Gasteiger partial charge is 0.387 e. The van der Waals surface area contributed by atoms with E-state index in [4.69, 9.17) is 10.4 Å². The lowest BCUT2D eigenvalue weighted by Crippen LogP contribution is -2.14. The maximum Gasteiger partial charge on any atom is 0.387 e. The van der Waals surface area contributed by atoms with Gasteiger partial charge in [0.15, 0.2) is 17.4 Å². The van der Waals surface area contributed by atoms with Crippen molar-refractivity contribution in [2.75, 3.05) is 0 Å². The van der Waals surface area contributed by atoms with Crippen LogP contribution in [0.25, 0.3) is 0 Å². The van der Waals surface area contributed by atoms with E-state index >= 15 is 0 Å². The van der Waals surface area contributed by atoms with Gasteiger partial charge in [-0.15, -0.1) is 0 Å². The van der Waals surface area contributed by atoms with Gasteiger partial charge in [0.2, 0.25) is 0 Å². The topological polar surface area (TPSA) is 134 Å². The van der Waals surface area contributed by atoms with Gasteiger partial charge in [0.1, 0.15) is 6.07 Å². The third kappa shape index (κ3) is 2.96. The number of hydrogen-bond donors (Lipinski definition) is 2. The van der Waals surface area contributed by atoms with Crippen molar-refractivity contribution < 1.29 is 33.4 Å². The maximum atomic E-state index is 12.1. The molecular weight excluding hydrogens is 282 g/mol. The molecule has 2 N–H and O–H groups in total. The predicted molar refractivity (Wildman–Crippen MR) is 57.0 cm³/mol. The van der Waals surface area contributed by atoms with Gasteiger partial charge in [0.25, 0.3) is 5.69 Å². The van der Waals surface area contributed by atoms with Crippen LogP contribution in [0.15, 0.2) is 12.1 Å². The van der Waals surface area contributed by atoms with E-state index in [1.54, 1.807) is 0 Å². The second-order valence-electron chi connectivity index (χ2n) is 3.36. The van der Waals surface area contributed by atoms with Crippen molar-refractivity contribution >= 4 is 11.7 Å². The number of nitro groups is 1. The number of benzene rings is 1. The number of alkyl halides is 2. The molecule has 0 aromatic heterocycles. The normalized spacial score (nSPS) is 11.8. The zero-order valence-corrected chi connectivity index (χ0v) is 9.49. The summed E-state index contributed by atoms with van der Waals surface area (Å²) in [6.45, 7) is -3.32. The third-order valence-corrected chi connectivity index (χ3v) is 2.21. The first-order chi connectivity index (χ1) is 9.29. The summed E-state index contributed by atoms with van der Waals surface area (Å²) in [4.78, 5) is 20.3. The molecule has 0 aliphatic heterocycles. The lowest BCUT2D eigenvalue weighted by Gasteiger charge is -2.11. The number of nitro benzene ring substituents is 1. The molecule has 0 aliphatic carbocycles. The Morgan fingerprint density at radius 1 is 1.50 bits per heavy atom. The van der Waals surface area contributed by atoms with Crippen LogP contribution in [-0.2, 0) is 4.79 Å². The number of aliphatic carboxylic acids is 1. The molecule has 0 amide bonds. The fourth-order valence-corrected chi connectivity index (χ4v) is 1.44. The summed E-state index contributed by atoms with van der Waals surface area (Å²) in [7, 11) is 0. The van der Waals surface area contributed by atoms with Gasteiger partial charge in [-0.25, -0.2) is 4.79 Å². The molecule has 106 valence electrons. The van der Waals surface area contributed by atoms with Crippen LogP contribution in [0.3, 0.4) is 0 Å². The summed E-state index contributed by atoms with van der Waals surface area (Å²) in [5.74, 6) is -2.57. The Morgan fingerprint density at radius 3 is 2.50 bits per heavy atom. The Bertz CT molecular complexity index is 598. The van der Waals surface area contributed by atoms with Gasteiger partial charge < -0.3 is 14.9 Å². The monoisotopic (exact) mass is 288 g/mol. The van der Waals surface area contributed by atoms with Gasteiger partial charge in [-0.1, -0.05) is 0 Å². The molecule has 0 radical (unpaired) electrons. The second kappa shape index (κ2) is 5.89. The highest BCUT2D eigenvalue weighted by molar-refractivity contribution is 5.77. The van der Waals surface area contributed by atoms with Gasteiger partial charge >= 0.3 is 12.6 Å². The van der Waals surface area contributed by atoms with Gasteiger partial charge in [-0.05, 0) is 12.1 Å². The maximum absolute atomic E-state index is 12.1. The number of hydrogen-bond acceptors (Lipinski definition) is 6. The Kier molecular flexibility index (Phi) is 4.50. The van der Waals surface area contributed by atoms with Crippen molar-refractivity contribution in [1.82, 2.24) is 0 Å². The number of rotatable bonds is 5. The number of halogens is 2. The molecule has 0 heterocycles. The molecule has 8 nitrogen and oxygen atoms in total. The molecule has 1 aromatic rings.